The lowest BCUT2D eigenvalue weighted by Crippen LogP contribution is -2.28. The van der Waals surface area contributed by atoms with Gasteiger partial charge >= 0.3 is 0 Å². The maximum atomic E-state index is 5.57. The molecule has 0 rings (SSSR count). The molecule has 5 heteroatoms. The summed E-state index contributed by atoms with van der Waals surface area (Å²) in [5.41, 5.74) is 0. The van der Waals surface area contributed by atoms with Crippen LogP contribution in [-0.2, 0) is 9.47 Å². The van der Waals surface area contributed by atoms with Gasteiger partial charge < -0.3 is 19.3 Å². The lowest BCUT2D eigenvalue weighted by molar-refractivity contribution is 0.0963. The van der Waals surface area contributed by atoms with E-state index in [2.05, 4.69) is 42.8 Å². The smallest absolute Gasteiger partial charge is 0.0608 e. The molecule has 0 spiro atoms. The number of ether oxygens (including phenoxy) is 2. The minimum atomic E-state index is 0.723. The standard InChI is InChI=1S/C16H36N3O2/c1-5-18(6-2)11-15-20-13-9-17-10-14-21-16-12-19(7-3)8-4/h5-16H2,1-4H3. The predicted octanol–water partition coefficient (Wildman–Crippen LogP) is 1.31. The van der Waals surface area contributed by atoms with Gasteiger partial charge in [-0.1, -0.05) is 27.7 Å². The normalized spacial score (nSPS) is 11.7. The second-order valence-corrected chi connectivity index (χ2v) is 4.95. The molecule has 0 atom stereocenters. The highest BCUT2D eigenvalue weighted by molar-refractivity contribution is 4.52. The molecule has 0 fully saturated rings. The first-order valence-corrected chi connectivity index (χ1v) is 8.51. The van der Waals surface area contributed by atoms with Crippen LogP contribution in [0.2, 0.25) is 0 Å². The third-order valence-electron chi connectivity index (χ3n) is 3.68. The molecule has 0 heterocycles. The quantitative estimate of drug-likeness (QED) is 0.403. The topological polar surface area (TPSA) is 39.0 Å². The Kier molecular flexibility index (Phi) is 16.0. The van der Waals surface area contributed by atoms with Crippen molar-refractivity contribution in [2.45, 2.75) is 27.7 Å². The van der Waals surface area contributed by atoms with Crippen molar-refractivity contribution in [2.75, 3.05) is 78.8 Å². The summed E-state index contributed by atoms with van der Waals surface area (Å²) in [4.78, 5) is 4.72. The summed E-state index contributed by atoms with van der Waals surface area (Å²) in [6.45, 7) is 19.7. The largest absolute Gasteiger partial charge is 0.379 e. The third-order valence-corrected chi connectivity index (χ3v) is 3.68. The van der Waals surface area contributed by atoms with Crippen LogP contribution in [0.5, 0.6) is 0 Å². The van der Waals surface area contributed by atoms with Crippen LogP contribution < -0.4 is 5.32 Å². The molecule has 0 saturated heterocycles. The number of hydrogen-bond donors (Lipinski definition) is 0. The molecular weight excluding hydrogens is 266 g/mol. The average Bonchev–Trinajstić information content (AvgIpc) is 2.52. The molecule has 0 aromatic carbocycles. The van der Waals surface area contributed by atoms with Crippen molar-refractivity contribution >= 4 is 0 Å². The van der Waals surface area contributed by atoms with E-state index in [1.54, 1.807) is 0 Å². The molecule has 0 unspecified atom stereocenters. The summed E-state index contributed by atoms with van der Waals surface area (Å²) < 4.78 is 11.1. The number of nitrogens with zero attached hydrogens (tertiary/aromatic N) is 3. The van der Waals surface area contributed by atoms with Crippen molar-refractivity contribution in [2.24, 2.45) is 0 Å². The minimum Gasteiger partial charge on any atom is -0.379 e. The van der Waals surface area contributed by atoms with Crippen LogP contribution in [0.1, 0.15) is 27.7 Å². The van der Waals surface area contributed by atoms with Crippen molar-refractivity contribution in [1.82, 2.24) is 15.1 Å². The van der Waals surface area contributed by atoms with Crippen LogP contribution in [0.25, 0.3) is 0 Å². The Balaban J connectivity index is 3.15. The maximum Gasteiger partial charge on any atom is 0.0608 e. The van der Waals surface area contributed by atoms with E-state index in [9.17, 15) is 0 Å². The van der Waals surface area contributed by atoms with Crippen LogP contribution in [0.3, 0.4) is 0 Å². The van der Waals surface area contributed by atoms with Crippen molar-refractivity contribution < 1.29 is 9.47 Å². The minimum absolute atomic E-state index is 0.723. The van der Waals surface area contributed by atoms with Gasteiger partial charge in [-0.25, -0.2) is 5.32 Å². The highest BCUT2D eigenvalue weighted by Gasteiger charge is 1.99. The molecule has 0 aliphatic heterocycles. The summed E-state index contributed by atoms with van der Waals surface area (Å²) in [6, 6.07) is 0. The van der Waals surface area contributed by atoms with Gasteiger partial charge in [0.15, 0.2) is 0 Å². The fourth-order valence-corrected chi connectivity index (χ4v) is 2.04. The Bertz CT molecular complexity index is 178. The van der Waals surface area contributed by atoms with Crippen LogP contribution in [-0.4, -0.2) is 88.6 Å². The summed E-state index contributed by atoms with van der Waals surface area (Å²) in [6.07, 6.45) is 0. The van der Waals surface area contributed by atoms with Crippen LogP contribution in [0.4, 0.5) is 0 Å². The molecule has 0 N–H and O–H groups in total. The summed E-state index contributed by atoms with van der Waals surface area (Å²) in [7, 11) is 0. The van der Waals surface area contributed by atoms with E-state index in [-0.39, 0.29) is 0 Å². The fourth-order valence-electron chi connectivity index (χ4n) is 2.04. The number of rotatable bonds is 16. The zero-order chi connectivity index (χ0) is 15.8. The molecule has 0 aromatic rings. The summed E-state index contributed by atoms with van der Waals surface area (Å²) in [5, 5.41) is 4.41. The van der Waals surface area contributed by atoms with Gasteiger partial charge in [0, 0.05) is 26.2 Å². The van der Waals surface area contributed by atoms with Crippen molar-refractivity contribution in [1.29, 1.82) is 0 Å². The van der Waals surface area contributed by atoms with Gasteiger partial charge in [0.25, 0.3) is 0 Å². The van der Waals surface area contributed by atoms with Gasteiger partial charge in [0.1, 0.15) is 0 Å². The van der Waals surface area contributed by atoms with Gasteiger partial charge in [0.2, 0.25) is 0 Å². The summed E-state index contributed by atoms with van der Waals surface area (Å²) >= 11 is 0. The Labute approximate surface area is 132 Å². The van der Waals surface area contributed by atoms with E-state index in [1.807, 2.05) is 0 Å². The summed E-state index contributed by atoms with van der Waals surface area (Å²) in [5.74, 6) is 0. The molecule has 21 heavy (non-hydrogen) atoms. The van der Waals surface area contributed by atoms with E-state index < -0.39 is 0 Å². The Hall–Kier alpha value is -0.200. The molecule has 0 saturated carbocycles. The molecule has 0 bridgehead atoms. The Morgan fingerprint density at radius 1 is 0.619 bits per heavy atom. The van der Waals surface area contributed by atoms with Crippen LogP contribution >= 0.6 is 0 Å². The fraction of sp³-hybridized carbons (Fsp3) is 1.00. The predicted molar refractivity (Wildman–Crippen MR) is 89.1 cm³/mol. The van der Waals surface area contributed by atoms with Gasteiger partial charge in [-0.3, -0.25) is 0 Å². The van der Waals surface area contributed by atoms with Crippen LogP contribution in [0.15, 0.2) is 0 Å². The van der Waals surface area contributed by atoms with E-state index >= 15 is 0 Å². The average molecular weight is 302 g/mol. The second kappa shape index (κ2) is 16.2. The Morgan fingerprint density at radius 3 is 1.33 bits per heavy atom. The van der Waals surface area contributed by atoms with Gasteiger partial charge in [-0.2, -0.15) is 0 Å². The zero-order valence-corrected chi connectivity index (χ0v) is 14.6. The molecule has 1 radical (unpaired) electrons. The zero-order valence-electron chi connectivity index (χ0n) is 14.6. The molecule has 0 amide bonds. The maximum absolute atomic E-state index is 5.57. The number of hydrogen-bond acceptors (Lipinski definition) is 4. The third kappa shape index (κ3) is 13.2. The molecule has 0 aliphatic rings. The first-order chi connectivity index (χ1) is 10.3. The lowest BCUT2D eigenvalue weighted by atomic mass is 10.5. The van der Waals surface area contributed by atoms with Crippen molar-refractivity contribution in [3.63, 3.8) is 0 Å². The Morgan fingerprint density at radius 2 is 1.00 bits per heavy atom. The van der Waals surface area contributed by atoms with E-state index in [0.29, 0.717) is 0 Å². The van der Waals surface area contributed by atoms with E-state index in [1.165, 1.54) is 0 Å². The molecule has 0 aliphatic carbocycles. The van der Waals surface area contributed by atoms with Crippen molar-refractivity contribution in [3.8, 4) is 0 Å². The van der Waals surface area contributed by atoms with Crippen LogP contribution in [0, 0.1) is 0 Å². The molecule has 0 aromatic heterocycles. The van der Waals surface area contributed by atoms with Gasteiger partial charge in [0.05, 0.1) is 26.4 Å². The highest BCUT2D eigenvalue weighted by Crippen LogP contribution is 1.88. The highest BCUT2D eigenvalue weighted by atomic mass is 16.5. The molecular formula is C16H36N3O2. The van der Waals surface area contributed by atoms with E-state index in [4.69, 9.17) is 9.47 Å². The lowest BCUT2D eigenvalue weighted by Gasteiger charge is -2.17. The van der Waals surface area contributed by atoms with Gasteiger partial charge in [-0.05, 0) is 26.2 Å². The van der Waals surface area contributed by atoms with Gasteiger partial charge in [-0.15, -0.1) is 0 Å². The van der Waals surface area contributed by atoms with E-state index in [0.717, 1.165) is 78.8 Å². The molecule has 127 valence electrons. The monoisotopic (exact) mass is 302 g/mol. The number of likely N-dealkylation sites (N-methyl/N-ethyl adjacent to an activating group) is 2. The first-order valence-electron chi connectivity index (χ1n) is 8.51. The second-order valence-electron chi connectivity index (χ2n) is 4.95. The molecule has 5 nitrogen and oxygen atoms in total. The SMILES string of the molecule is CCN(CC)CCOCC[N]CCOCCN(CC)CC. The first kappa shape index (κ1) is 20.8. The van der Waals surface area contributed by atoms with Crippen molar-refractivity contribution in [3.05, 3.63) is 0 Å².